The fourth-order valence-electron chi connectivity index (χ4n) is 6.86. The monoisotopic (exact) mass is 686 g/mol. The van der Waals surface area contributed by atoms with E-state index in [1.807, 2.05) is 37.4 Å². The maximum absolute atomic E-state index is 14.1. The van der Waals surface area contributed by atoms with E-state index in [4.69, 9.17) is 24.2 Å². The minimum Gasteiger partial charge on any atom is -0.496 e. The molecule has 2 amide bonds. The van der Waals surface area contributed by atoms with Gasteiger partial charge in [-0.15, -0.1) is 13.2 Å². The van der Waals surface area contributed by atoms with E-state index in [1.165, 1.54) is 0 Å². The Balaban J connectivity index is 1.47. The second-order valence-corrected chi connectivity index (χ2v) is 13.7. The molecule has 3 aromatic rings. The number of carbonyl (C=O) groups excluding carboxylic acids is 3. The third-order valence-corrected chi connectivity index (χ3v) is 9.92. The van der Waals surface area contributed by atoms with Gasteiger partial charge in [-0.3, -0.25) is 9.59 Å². The van der Waals surface area contributed by atoms with Gasteiger partial charge in [0.1, 0.15) is 17.4 Å². The number of benzene rings is 1. The molecule has 2 aliphatic carbocycles. The molecule has 5 unspecified atom stereocenters. The Morgan fingerprint density at radius 2 is 1.90 bits per heavy atom. The standard InChI is InChI=1S/C38H50N6O6/c1-9-12-13-14-18-43(7)35(46)29-21-26(20-28(29)33(45)41-38(22-25(38)10-2)36(47)49-11-3)50-34-27-15-16-31(48-8)24(6)32(27)39-37(40-34)44-19-17-30(42-44)23(4)5/h9-10,15-17,19,23,25-26,28-29H,1-2,11-14,18,20-22H2,3-8H3,(H,41,45). The van der Waals surface area contributed by atoms with Gasteiger partial charge in [-0.05, 0) is 76.5 Å². The van der Waals surface area contributed by atoms with Crippen molar-refractivity contribution in [3.8, 4) is 17.6 Å². The van der Waals surface area contributed by atoms with Gasteiger partial charge in [0.05, 0.1) is 42.1 Å². The number of aryl methyl sites for hydroxylation is 1. The van der Waals surface area contributed by atoms with Crippen LogP contribution in [0.1, 0.15) is 76.5 Å². The molecule has 1 N–H and O–H groups in total. The van der Waals surface area contributed by atoms with Crippen LogP contribution in [0.5, 0.6) is 11.6 Å². The van der Waals surface area contributed by atoms with Crippen molar-refractivity contribution < 1.29 is 28.6 Å². The molecule has 1 aromatic carbocycles. The van der Waals surface area contributed by atoms with E-state index < -0.39 is 29.4 Å². The number of methoxy groups -OCH3 is 1. The molecule has 0 saturated heterocycles. The van der Waals surface area contributed by atoms with Crippen molar-refractivity contribution in [2.45, 2.75) is 83.8 Å². The van der Waals surface area contributed by atoms with Crippen LogP contribution < -0.4 is 14.8 Å². The molecule has 2 heterocycles. The Morgan fingerprint density at radius 1 is 1.14 bits per heavy atom. The van der Waals surface area contributed by atoms with E-state index in [0.29, 0.717) is 47.9 Å². The van der Waals surface area contributed by atoms with Gasteiger partial charge in [-0.25, -0.2) is 14.5 Å². The highest BCUT2D eigenvalue weighted by Gasteiger charge is 2.62. The molecular weight excluding hydrogens is 636 g/mol. The lowest BCUT2D eigenvalue weighted by atomic mass is 9.93. The highest BCUT2D eigenvalue weighted by atomic mass is 16.5. The van der Waals surface area contributed by atoms with Gasteiger partial charge in [-0.2, -0.15) is 10.1 Å². The minimum absolute atomic E-state index is 0.136. The first-order valence-electron chi connectivity index (χ1n) is 17.5. The van der Waals surface area contributed by atoms with E-state index in [9.17, 15) is 14.4 Å². The lowest BCUT2D eigenvalue weighted by Crippen LogP contribution is -2.50. The second kappa shape index (κ2) is 15.4. The van der Waals surface area contributed by atoms with Crippen LogP contribution in [0.25, 0.3) is 16.9 Å². The van der Waals surface area contributed by atoms with Crippen molar-refractivity contribution in [3.05, 3.63) is 61.0 Å². The smallest absolute Gasteiger partial charge is 0.332 e. The van der Waals surface area contributed by atoms with Crippen LogP contribution in [-0.2, 0) is 19.1 Å². The highest BCUT2D eigenvalue weighted by Crippen LogP contribution is 2.47. The van der Waals surface area contributed by atoms with Crippen LogP contribution in [0.2, 0.25) is 0 Å². The predicted molar refractivity (Wildman–Crippen MR) is 190 cm³/mol. The van der Waals surface area contributed by atoms with E-state index in [2.05, 4.69) is 37.4 Å². The Morgan fingerprint density at radius 3 is 2.54 bits per heavy atom. The molecule has 5 rings (SSSR count). The van der Waals surface area contributed by atoms with Gasteiger partial charge in [-0.1, -0.05) is 26.0 Å². The minimum atomic E-state index is -1.18. The van der Waals surface area contributed by atoms with Crippen LogP contribution in [0.15, 0.2) is 49.7 Å². The summed E-state index contributed by atoms with van der Waals surface area (Å²) in [5.41, 5.74) is 1.18. The molecule has 0 radical (unpaired) electrons. The SMILES string of the molecule is C=CCCCCN(C)C(=O)C1CC(Oc2nc(-n3ccc(C(C)C)n3)nc3c(C)c(OC)ccc23)CC1C(=O)NC1(C(=O)OCC)CC1C=C. The van der Waals surface area contributed by atoms with Gasteiger partial charge in [0.2, 0.25) is 17.7 Å². The molecule has 2 fully saturated rings. The molecule has 5 atom stereocenters. The largest absolute Gasteiger partial charge is 0.496 e. The number of fused-ring (bicyclic) bond motifs is 1. The van der Waals surface area contributed by atoms with Gasteiger partial charge in [0.15, 0.2) is 0 Å². The maximum atomic E-state index is 14.1. The summed E-state index contributed by atoms with van der Waals surface area (Å²) >= 11 is 0. The van der Waals surface area contributed by atoms with Crippen molar-refractivity contribution in [1.29, 1.82) is 0 Å². The van der Waals surface area contributed by atoms with Crippen molar-refractivity contribution in [2.24, 2.45) is 17.8 Å². The molecular formula is C38H50N6O6. The fourth-order valence-corrected chi connectivity index (χ4v) is 6.86. The van der Waals surface area contributed by atoms with Crippen molar-refractivity contribution in [2.75, 3.05) is 27.3 Å². The number of aromatic nitrogens is 4. The summed E-state index contributed by atoms with van der Waals surface area (Å²) in [5.74, 6) is -1.12. The quantitative estimate of drug-likeness (QED) is 0.118. The first kappa shape index (κ1) is 36.5. The van der Waals surface area contributed by atoms with Gasteiger partial charge in [0.25, 0.3) is 5.95 Å². The van der Waals surface area contributed by atoms with Crippen LogP contribution >= 0.6 is 0 Å². The molecule has 50 heavy (non-hydrogen) atoms. The van der Waals surface area contributed by atoms with Crippen molar-refractivity contribution in [3.63, 3.8) is 0 Å². The number of esters is 1. The van der Waals surface area contributed by atoms with Gasteiger partial charge >= 0.3 is 5.97 Å². The lowest BCUT2D eigenvalue weighted by Gasteiger charge is -2.26. The number of unbranched alkanes of at least 4 members (excludes halogenated alkanes) is 2. The normalized spacial score (nSPS) is 22.6. The van der Waals surface area contributed by atoms with Crippen molar-refractivity contribution in [1.82, 2.24) is 30.0 Å². The molecule has 0 bridgehead atoms. The summed E-state index contributed by atoms with van der Waals surface area (Å²) < 4.78 is 19.2. The first-order valence-corrected chi connectivity index (χ1v) is 17.5. The van der Waals surface area contributed by atoms with E-state index in [1.54, 1.807) is 36.7 Å². The number of allylic oxidation sites excluding steroid dienone is 1. The number of rotatable bonds is 16. The molecule has 2 saturated carbocycles. The highest BCUT2D eigenvalue weighted by molar-refractivity contribution is 5.95. The average Bonchev–Trinajstić information content (AvgIpc) is 3.39. The Bertz CT molecular complexity index is 1750. The van der Waals surface area contributed by atoms with E-state index in [-0.39, 0.29) is 36.7 Å². The molecule has 0 spiro atoms. The summed E-state index contributed by atoms with van der Waals surface area (Å²) in [6, 6.07) is 5.63. The van der Waals surface area contributed by atoms with Crippen molar-refractivity contribution >= 4 is 28.7 Å². The molecule has 268 valence electrons. The van der Waals surface area contributed by atoms with E-state index in [0.717, 1.165) is 30.5 Å². The summed E-state index contributed by atoms with van der Waals surface area (Å²) in [4.78, 5) is 52.5. The molecule has 2 aliphatic rings. The Hall–Kier alpha value is -4.74. The summed E-state index contributed by atoms with van der Waals surface area (Å²) in [7, 11) is 3.38. The number of ether oxygens (including phenoxy) is 3. The van der Waals surface area contributed by atoms with Crippen LogP contribution in [0.4, 0.5) is 0 Å². The zero-order valence-corrected chi connectivity index (χ0v) is 30.1. The predicted octanol–water partition coefficient (Wildman–Crippen LogP) is 5.47. The fraction of sp³-hybridized carbons (Fsp3) is 0.526. The van der Waals surface area contributed by atoms with Gasteiger partial charge < -0.3 is 24.4 Å². The van der Waals surface area contributed by atoms with Crippen LogP contribution in [0.3, 0.4) is 0 Å². The molecule has 12 nitrogen and oxygen atoms in total. The summed E-state index contributed by atoms with van der Waals surface area (Å²) in [6.07, 6.45) is 8.35. The average molecular weight is 687 g/mol. The number of nitrogens with one attached hydrogen (secondary N) is 1. The zero-order valence-electron chi connectivity index (χ0n) is 30.1. The number of carbonyl (C=O) groups is 3. The molecule has 2 aromatic heterocycles. The Kier molecular flexibility index (Phi) is 11.3. The Labute approximate surface area is 294 Å². The maximum Gasteiger partial charge on any atom is 0.332 e. The number of amides is 2. The van der Waals surface area contributed by atoms with Crippen LogP contribution in [-0.4, -0.2) is 81.4 Å². The topological polar surface area (TPSA) is 138 Å². The first-order chi connectivity index (χ1) is 24.0. The van der Waals surface area contributed by atoms with Gasteiger partial charge in [0, 0.05) is 31.3 Å². The van der Waals surface area contributed by atoms with E-state index >= 15 is 0 Å². The summed E-state index contributed by atoms with van der Waals surface area (Å²) in [6.45, 7) is 16.1. The molecule has 0 aliphatic heterocycles. The number of hydrogen-bond acceptors (Lipinski definition) is 9. The molecule has 12 heteroatoms. The number of hydrogen-bond donors (Lipinski definition) is 1. The zero-order chi connectivity index (χ0) is 36.2. The third kappa shape index (κ3) is 7.39. The van der Waals surface area contributed by atoms with Crippen LogP contribution in [0, 0.1) is 24.7 Å². The lowest BCUT2D eigenvalue weighted by molar-refractivity contribution is -0.150. The summed E-state index contributed by atoms with van der Waals surface area (Å²) in [5, 5.41) is 8.34. The second-order valence-electron chi connectivity index (χ2n) is 13.7. The number of nitrogens with zero attached hydrogens (tertiary/aromatic N) is 5. The third-order valence-electron chi connectivity index (χ3n) is 9.92.